The second kappa shape index (κ2) is 34.2. The van der Waals surface area contributed by atoms with Gasteiger partial charge in [0.15, 0.2) is 0 Å². The van der Waals surface area contributed by atoms with Crippen LogP contribution in [0, 0.1) is 11.8 Å². The Labute approximate surface area is 475 Å². The maximum atomic E-state index is 14.7. The minimum Gasteiger partial charge on any atom is -0.508 e. The third-order valence-corrected chi connectivity index (χ3v) is 13.0. The molecule has 1 aromatic carbocycles. The fourth-order valence-corrected chi connectivity index (χ4v) is 8.82. The second-order valence-corrected chi connectivity index (χ2v) is 21.2. The van der Waals surface area contributed by atoms with Gasteiger partial charge in [-0.1, -0.05) is 39.8 Å². The van der Waals surface area contributed by atoms with Crippen LogP contribution < -0.4 is 59.7 Å². The van der Waals surface area contributed by atoms with Crippen molar-refractivity contribution in [2.75, 3.05) is 25.2 Å². The predicted octanol–water partition coefficient (Wildman–Crippen LogP) is -5.25. The van der Waals surface area contributed by atoms with Crippen molar-refractivity contribution in [2.24, 2.45) is 29.0 Å². The molecule has 1 fully saturated rings. The lowest BCUT2D eigenvalue weighted by Crippen LogP contribution is -2.61. The van der Waals surface area contributed by atoms with Gasteiger partial charge in [-0.05, 0) is 73.6 Å². The highest BCUT2D eigenvalue weighted by Gasteiger charge is 2.41. The van der Waals surface area contributed by atoms with Gasteiger partial charge in [0.1, 0.15) is 60.1 Å². The van der Waals surface area contributed by atoms with Crippen LogP contribution >= 0.6 is 11.8 Å². The fraction of sp³-hybridized carbons (Fsp3) is 0.600. The molecule has 32 heteroatoms. The van der Waals surface area contributed by atoms with Crippen LogP contribution in [0.2, 0.25) is 0 Å². The molecular weight excluding hydrogens is 1100 g/mol. The molecule has 10 atom stereocenters. The van der Waals surface area contributed by atoms with Crippen LogP contribution in [0.5, 0.6) is 5.75 Å². The Morgan fingerprint density at radius 2 is 1.00 bits per heavy atom. The van der Waals surface area contributed by atoms with E-state index in [1.807, 2.05) is 0 Å². The Kier molecular flexibility index (Phi) is 29.2. The van der Waals surface area contributed by atoms with Crippen LogP contribution in [0.4, 0.5) is 0 Å². The predicted molar refractivity (Wildman–Crippen MR) is 289 cm³/mol. The molecule has 1 aliphatic heterocycles. The fourth-order valence-electron chi connectivity index (χ4n) is 8.35. The minimum atomic E-state index is -2.00. The number of nitrogens with zero attached hydrogens (tertiary/aromatic N) is 1. The molecule has 1 aliphatic rings. The van der Waals surface area contributed by atoms with E-state index in [2.05, 4.69) is 42.5 Å². The highest BCUT2D eigenvalue weighted by molar-refractivity contribution is 7.98. The van der Waals surface area contributed by atoms with E-state index in [-0.39, 0.29) is 68.4 Å². The standard InChI is InChI=1S/C50H76N12O19S/c1-23(2)15-27(51)41(71)55-30(18-37(52)65)44(74)61-35(22-63)47(77)57-31(20-39(67)68)45(75)54-28(12-14-82-5)42(72)59-33(17-25-8-10-26(64)11-9-25)49(79)62-13-6-7-36(62)48(78)58-32(21-40(69)70)46(76)56-29(16-24(3)4)43(73)60-34(50(80)81)19-38(53)66/h8-11,23-24,27-36,63-64H,6-7,12-22,51H2,1-5H3,(H2,52,65)(H2,53,66)(H,54,75)(H,55,71)(H,56,76)(H,57,77)(H,58,78)(H,59,72)(H,60,73)(H,61,74)(H,67,68)(H,69,70)(H,80,81)/t27-,28-,29-,30-,31-,32-,33-,34-,35-,36-/m0/s1. The first-order chi connectivity index (χ1) is 38.4. The van der Waals surface area contributed by atoms with Crippen LogP contribution in [0.3, 0.4) is 0 Å². The first kappa shape index (κ1) is 70.0. The third-order valence-electron chi connectivity index (χ3n) is 12.4. The summed E-state index contributed by atoms with van der Waals surface area (Å²) in [6.07, 6.45) is -2.38. The first-order valence-electron chi connectivity index (χ1n) is 26.0. The largest absolute Gasteiger partial charge is 0.508 e. The highest BCUT2D eigenvalue weighted by Crippen LogP contribution is 2.22. The molecule has 11 amide bonds. The number of aliphatic hydroxyl groups is 1. The molecule has 0 aliphatic carbocycles. The van der Waals surface area contributed by atoms with Crippen molar-refractivity contribution in [1.82, 2.24) is 47.4 Å². The number of phenols is 1. The molecule has 0 unspecified atom stereocenters. The van der Waals surface area contributed by atoms with Crippen molar-refractivity contribution in [1.29, 1.82) is 0 Å². The molecule has 0 spiro atoms. The number of rotatable bonds is 36. The van der Waals surface area contributed by atoms with Gasteiger partial charge in [-0.25, -0.2) is 4.79 Å². The molecule has 0 radical (unpaired) electrons. The molecule has 82 heavy (non-hydrogen) atoms. The zero-order chi connectivity index (χ0) is 62.1. The summed E-state index contributed by atoms with van der Waals surface area (Å²) in [5.74, 6) is -17.1. The highest BCUT2D eigenvalue weighted by atomic mass is 32.2. The number of aliphatic hydroxyl groups excluding tert-OH is 1. The van der Waals surface area contributed by atoms with Crippen LogP contribution in [-0.4, -0.2) is 199 Å². The molecule has 456 valence electrons. The van der Waals surface area contributed by atoms with Crippen LogP contribution in [0.1, 0.15) is 91.0 Å². The van der Waals surface area contributed by atoms with Crippen molar-refractivity contribution in [3.63, 3.8) is 0 Å². The molecule has 0 aromatic heterocycles. The number of hydrogen-bond donors (Lipinski definition) is 16. The number of nitrogens with two attached hydrogens (primary N) is 3. The Hall–Kier alpha value is -8.13. The van der Waals surface area contributed by atoms with Crippen LogP contribution in [0.25, 0.3) is 0 Å². The normalized spacial score (nSPS) is 16.3. The SMILES string of the molecule is CSCC[C@H](NC(=O)[C@H](CC(=O)O)NC(=O)[C@H](CO)NC(=O)[C@H](CC(N)=O)NC(=O)[C@@H](N)CC(C)C)C(=O)N[C@@H](Cc1ccc(O)cc1)C(=O)N1CCC[C@H]1C(=O)N[C@@H](CC(=O)O)C(=O)N[C@@H](CC(C)C)C(=O)N[C@@H](CC(N)=O)C(=O)O. The monoisotopic (exact) mass is 1180 g/mol. The number of carbonyl (C=O) groups excluding carboxylic acids is 11. The number of amides is 11. The van der Waals surface area contributed by atoms with Gasteiger partial charge in [0.05, 0.1) is 38.3 Å². The lowest BCUT2D eigenvalue weighted by molar-refractivity contribution is -0.145. The summed E-state index contributed by atoms with van der Waals surface area (Å²) in [6, 6.07) is -11.1. The number of hydrogen-bond acceptors (Lipinski definition) is 18. The lowest BCUT2D eigenvalue weighted by Gasteiger charge is -2.31. The molecule has 0 saturated carbocycles. The summed E-state index contributed by atoms with van der Waals surface area (Å²) >= 11 is 1.21. The van der Waals surface area contributed by atoms with Gasteiger partial charge in [0, 0.05) is 13.0 Å². The van der Waals surface area contributed by atoms with Crippen molar-refractivity contribution in [2.45, 2.75) is 152 Å². The van der Waals surface area contributed by atoms with E-state index in [0.717, 1.165) is 4.90 Å². The van der Waals surface area contributed by atoms with E-state index in [0.29, 0.717) is 5.56 Å². The van der Waals surface area contributed by atoms with E-state index < -0.39 is 176 Å². The van der Waals surface area contributed by atoms with Crippen molar-refractivity contribution in [3.8, 4) is 5.75 Å². The summed E-state index contributed by atoms with van der Waals surface area (Å²) in [7, 11) is 0. The number of carbonyl (C=O) groups is 14. The summed E-state index contributed by atoms with van der Waals surface area (Å²) in [4.78, 5) is 184. The first-order valence-corrected chi connectivity index (χ1v) is 27.4. The number of aliphatic carboxylic acids is 3. The molecule has 1 saturated heterocycles. The summed E-state index contributed by atoms with van der Waals surface area (Å²) in [5, 5.41) is 67.4. The Morgan fingerprint density at radius 1 is 0.573 bits per heavy atom. The topological polar surface area (TPSA) is 518 Å². The smallest absolute Gasteiger partial charge is 0.326 e. The van der Waals surface area contributed by atoms with E-state index >= 15 is 0 Å². The third kappa shape index (κ3) is 24.3. The molecule has 2 rings (SSSR count). The zero-order valence-electron chi connectivity index (χ0n) is 46.0. The van der Waals surface area contributed by atoms with Gasteiger partial charge in [-0.2, -0.15) is 11.8 Å². The number of nitrogens with one attached hydrogen (secondary N) is 8. The van der Waals surface area contributed by atoms with Crippen molar-refractivity contribution in [3.05, 3.63) is 29.8 Å². The van der Waals surface area contributed by atoms with Crippen molar-refractivity contribution < 1.29 is 92.7 Å². The van der Waals surface area contributed by atoms with Crippen LogP contribution in [0.15, 0.2) is 24.3 Å². The number of benzene rings is 1. The number of likely N-dealkylation sites (tertiary alicyclic amines) is 1. The van der Waals surface area contributed by atoms with Gasteiger partial charge in [0.25, 0.3) is 0 Å². The average Bonchev–Trinajstić information content (AvgIpc) is 3.91. The average molecular weight is 1180 g/mol. The Bertz CT molecular complexity index is 2480. The van der Waals surface area contributed by atoms with E-state index in [9.17, 15) is 92.7 Å². The molecular formula is C50H76N12O19S. The lowest BCUT2D eigenvalue weighted by atomic mass is 10.0. The van der Waals surface area contributed by atoms with Crippen LogP contribution in [-0.2, 0) is 73.5 Å². The van der Waals surface area contributed by atoms with Gasteiger partial charge >= 0.3 is 17.9 Å². The summed E-state index contributed by atoms with van der Waals surface area (Å²) < 4.78 is 0. The Balaban J connectivity index is 2.46. The van der Waals surface area contributed by atoms with Gasteiger partial charge in [-0.15, -0.1) is 0 Å². The maximum absolute atomic E-state index is 14.7. The molecule has 19 N–H and O–H groups in total. The second-order valence-electron chi connectivity index (χ2n) is 20.3. The minimum absolute atomic E-state index is 0.0443. The van der Waals surface area contributed by atoms with Crippen molar-refractivity contribution >= 4 is 94.6 Å². The molecule has 0 bridgehead atoms. The maximum Gasteiger partial charge on any atom is 0.326 e. The van der Waals surface area contributed by atoms with Gasteiger partial charge in [0.2, 0.25) is 65.0 Å². The van der Waals surface area contributed by atoms with E-state index in [1.54, 1.807) is 34.0 Å². The van der Waals surface area contributed by atoms with Gasteiger partial charge in [-0.3, -0.25) is 62.3 Å². The molecule has 1 aromatic rings. The number of carboxylic acid groups (broad SMARTS) is 3. The number of primary amides is 2. The van der Waals surface area contributed by atoms with E-state index in [4.69, 9.17) is 17.2 Å². The number of carboxylic acids is 3. The zero-order valence-corrected chi connectivity index (χ0v) is 46.8. The number of phenolic OH excluding ortho intramolecular Hbond substituents is 1. The molecule has 1 heterocycles. The Morgan fingerprint density at radius 3 is 1.50 bits per heavy atom. The van der Waals surface area contributed by atoms with Gasteiger partial charge < -0.3 is 90.2 Å². The quantitative estimate of drug-likeness (QED) is 0.0298. The molecule has 31 nitrogen and oxygen atoms in total. The number of thioether (sulfide) groups is 1. The summed E-state index contributed by atoms with van der Waals surface area (Å²) in [6.45, 7) is 5.58. The van der Waals surface area contributed by atoms with E-state index in [1.165, 1.54) is 36.0 Å². The summed E-state index contributed by atoms with van der Waals surface area (Å²) in [5.41, 5.74) is 16.7. The number of aromatic hydroxyl groups is 1.